The summed E-state index contributed by atoms with van der Waals surface area (Å²) in [6.45, 7) is 2.88. The summed E-state index contributed by atoms with van der Waals surface area (Å²) in [5.74, 6) is 1.23. The highest BCUT2D eigenvalue weighted by Gasteiger charge is 2.05. The zero-order chi connectivity index (χ0) is 13.6. The van der Waals surface area contributed by atoms with Crippen molar-refractivity contribution in [2.45, 2.75) is 12.8 Å². The number of nitrogens with one attached hydrogen (secondary N) is 1. The van der Waals surface area contributed by atoms with Crippen LogP contribution in [0.5, 0.6) is 5.75 Å². The van der Waals surface area contributed by atoms with Crippen molar-refractivity contribution in [2.24, 2.45) is 0 Å². The van der Waals surface area contributed by atoms with Crippen molar-refractivity contribution in [1.29, 1.82) is 0 Å². The molecule has 0 aromatic heterocycles. The average molecular weight is 292 g/mol. The van der Waals surface area contributed by atoms with Gasteiger partial charge in [-0.2, -0.15) is 0 Å². The Morgan fingerprint density at radius 1 is 1.39 bits per heavy atom. The maximum absolute atomic E-state index is 11.0. The molecule has 4 nitrogen and oxygen atoms in total. The van der Waals surface area contributed by atoms with Gasteiger partial charge in [0.1, 0.15) is 15.6 Å². The highest BCUT2D eigenvalue weighted by Crippen LogP contribution is 2.24. The minimum atomic E-state index is -2.94. The number of halogens is 1. The Hall–Kier alpha value is -0.940. The van der Waals surface area contributed by atoms with E-state index >= 15 is 0 Å². The number of benzene rings is 1. The summed E-state index contributed by atoms with van der Waals surface area (Å²) < 4.78 is 27.4. The normalized spacial score (nSPS) is 11.3. The smallest absolute Gasteiger partial charge is 0.149 e. The predicted octanol–water partition coefficient (Wildman–Crippen LogP) is 2.28. The summed E-state index contributed by atoms with van der Waals surface area (Å²) >= 11 is 5.84. The van der Waals surface area contributed by atoms with Crippen molar-refractivity contribution in [3.63, 3.8) is 0 Å². The zero-order valence-electron chi connectivity index (χ0n) is 10.6. The van der Waals surface area contributed by atoms with E-state index in [-0.39, 0.29) is 5.75 Å². The second-order valence-corrected chi connectivity index (χ2v) is 6.47. The number of hydrogen-bond acceptors (Lipinski definition) is 4. The second kappa shape index (κ2) is 6.85. The molecule has 1 aromatic rings. The van der Waals surface area contributed by atoms with Crippen LogP contribution in [0.1, 0.15) is 12.5 Å². The first-order valence-electron chi connectivity index (χ1n) is 5.69. The molecule has 0 aliphatic heterocycles. The lowest BCUT2D eigenvalue weighted by molar-refractivity contribution is 0.337. The summed E-state index contributed by atoms with van der Waals surface area (Å²) in [6, 6.07) is 5.56. The van der Waals surface area contributed by atoms with E-state index in [1.807, 2.05) is 25.1 Å². The molecule has 1 aromatic carbocycles. The van der Waals surface area contributed by atoms with E-state index in [1.54, 1.807) is 0 Å². The van der Waals surface area contributed by atoms with E-state index in [0.29, 0.717) is 19.0 Å². The number of alkyl halides is 1. The average Bonchev–Trinajstić information content (AvgIpc) is 2.29. The number of anilines is 1. The number of hydrogen-bond donors (Lipinski definition) is 1. The number of ether oxygens (including phenoxy) is 1. The van der Waals surface area contributed by atoms with Crippen LogP contribution < -0.4 is 10.1 Å². The van der Waals surface area contributed by atoms with Crippen LogP contribution in [0.3, 0.4) is 0 Å². The van der Waals surface area contributed by atoms with Gasteiger partial charge in [0.2, 0.25) is 0 Å². The van der Waals surface area contributed by atoms with Gasteiger partial charge in [0, 0.05) is 24.1 Å². The lowest BCUT2D eigenvalue weighted by atomic mass is 10.2. The van der Waals surface area contributed by atoms with Gasteiger partial charge in [-0.3, -0.25) is 0 Å². The molecular weight excluding hydrogens is 274 g/mol. The molecule has 0 bridgehead atoms. The maximum Gasteiger partial charge on any atom is 0.149 e. The van der Waals surface area contributed by atoms with Gasteiger partial charge in [-0.05, 0) is 25.1 Å². The molecule has 0 atom stereocenters. The molecule has 0 aliphatic rings. The Kier molecular flexibility index (Phi) is 5.75. The van der Waals surface area contributed by atoms with Gasteiger partial charge in [-0.15, -0.1) is 11.6 Å². The zero-order valence-corrected chi connectivity index (χ0v) is 12.1. The molecule has 0 aliphatic carbocycles. The third kappa shape index (κ3) is 5.14. The van der Waals surface area contributed by atoms with E-state index in [0.717, 1.165) is 17.0 Å². The summed E-state index contributed by atoms with van der Waals surface area (Å²) in [6.07, 6.45) is 1.22. The van der Waals surface area contributed by atoms with Crippen LogP contribution in [0.2, 0.25) is 0 Å². The summed E-state index contributed by atoms with van der Waals surface area (Å²) in [5.41, 5.74) is 1.74. The van der Waals surface area contributed by atoms with Gasteiger partial charge in [-0.25, -0.2) is 8.42 Å². The van der Waals surface area contributed by atoms with E-state index in [9.17, 15) is 8.42 Å². The Labute approximate surface area is 113 Å². The van der Waals surface area contributed by atoms with Crippen LogP contribution in [0.4, 0.5) is 5.69 Å². The molecule has 6 heteroatoms. The van der Waals surface area contributed by atoms with Gasteiger partial charge in [0.25, 0.3) is 0 Å². The lowest BCUT2D eigenvalue weighted by Gasteiger charge is -2.11. The molecule has 0 saturated heterocycles. The van der Waals surface area contributed by atoms with Crippen molar-refractivity contribution >= 4 is 27.1 Å². The third-order valence-corrected chi connectivity index (χ3v) is 3.54. The van der Waals surface area contributed by atoms with Crippen LogP contribution in [0, 0.1) is 0 Å². The quantitative estimate of drug-likeness (QED) is 0.783. The van der Waals surface area contributed by atoms with Crippen molar-refractivity contribution in [3.8, 4) is 5.75 Å². The Balaban J connectivity index is 2.67. The third-order valence-electron chi connectivity index (χ3n) is 2.31. The molecule has 0 spiro atoms. The van der Waals surface area contributed by atoms with E-state index in [2.05, 4.69) is 5.32 Å². The first-order chi connectivity index (χ1) is 8.46. The molecule has 18 heavy (non-hydrogen) atoms. The van der Waals surface area contributed by atoms with Crippen LogP contribution in [0.25, 0.3) is 0 Å². The van der Waals surface area contributed by atoms with Gasteiger partial charge in [0.05, 0.1) is 18.2 Å². The van der Waals surface area contributed by atoms with E-state index < -0.39 is 9.84 Å². The fourth-order valence-corrected chi connectivity index (χ4v) is 2.15. The number of rotatable bonds is 7. The lowest BCUT2D eigenvalue weighted by Crippen LogP contribution is -2.14. The highest BCUT2D eigenvalue weighted by atomic mass is 35.5. The van der Waals surface area contributed by atoms with Crippen LogP contribution >= 0.6 is 11.6 Å². The Morgan fingerprint density at radius 2 is 2.11 bits per heavy atom. The van der Waals surface area contributed by atoms with Crippen molar-refractivity contribution in [1.82, 2.24) is 0 Å². The topological polar surface area (TPSA) is 55.4 Å². The molecule has 0 fully saturated rings. The van der Waals surface area contributed by atoms with Crippen molar-refractivity contribution in [2.75, 3.05) is 30.5 Å². The maximum atomic E-state index is 11.0. The monoisotopic (exact) mass is 291 g/mol. The molecule has 0 radical (unpaired) electrons. The molecule has 0 unspecified atom stereocenters. The van der Waals surface area contributed by atoms with Crippen molar-refractivity contribution in [3.05, 3.63) is 23.8 Å². The summed E-state index contributed by atoms with van der Waals surface area (Å²) in [5, 5.41) is 3.05. The fraction of sp³-hybridized carbons (Fsp3) is 0.500. The summed E-state index contributed by atoms with van der Waals surface area (Å²) in [4.78, 5) is 0. The number of sulfone groups is 1. The molecule has 0 amide bonds. The Bertz CT molecular complexity index is 488. The van der Waals surface area contributed by atoms with Crippen LogP contribution in [0.15, 0.2) is 18.2 Å². The van der Waals surface area contributed by atoms with Gasteiger partial charge in [0.15, 0.2) is 0 Å². The minimum Gasteiger partial charge on any atom is -0.494 e. The largest absolute Gasteiger partial charge is 0.494 e. The molecule has 0 heterocycles. The predicted molar refractivity (Wildman–Crippen MR) is 75.4 cm³/mol. The standard InChI is InChI=1S/C12H18ClNO3S/c1-3-17-12-5-4-11(8-10(12)9-13)14-6-7-18(2,15)16/h4-5,8,14H,3,6-7,9H2,1-2H3. The van der Waals surface area contributed by atoms with Gasteiger partial charge in [-0.1, -0.05) is 0 Å². The van der Waals surface area contributed by atoms with Crippen LogP contribution in [-0.2, 0) is 15.7 Å². The molecular formula is C12H18ClNO3S. The molecule has 1 rings (SSSR count). The van der Waals surface area contributed by atoms with E-state index in [4.69, 9.17) is 16.3 Å². The Morgan fingerprint density at radius 3 is 2.67 bits per heavy atom. The SMILES string of the molecule is CCOc1ccc(NCCS(C)(=O)=O)cc1CCl. The fourth-order valence-electron chi connectivity index (χ4n) is 1.47. The van der Waals surface area contributed by atoms with Crippen molar-refractivity contribution < 1.29 is 13.2 Å². The first kappa shape index (κ1) is 15.1. The molecule has 1 N–H and O–H groups in total. The van der Waals surface area contributed by atoms with Gasteiger partial charge >= 0.3 is 0 Å². The molecule has 0 saturated carbocycles. The van der Waals surface area contributed by atoms with E-state index in [1.165, 1.54) is 6.26 Å². The first-order valence-corrected chi connectivity index (χ1v) is 8.29. The molecule has 102 valence electrons. The second-order valence-electron chi connectivity index (χ2n) is 3.95. The highest BCUT2D eigenvalue weighted by molar-refractivity contribution is 7.90. The van der Waals surface area contributed by atoms with Gasteiger partial charge < -0.3 is 10.1 Å². The summed E-state index contributed by atoms with van der Waals surface area (Å²) in [7, 11) is -2.94. The minimum absolute atomic E-state index is 0.108. The van der Waals surface area contributed by atoms with Crippen LogP contribution in [-0.4, -0.2) is 33.6 Å².